The van der Waals surface area contributed by atoms with Crippen molar-refractivity contribution in [3.8, 4) is 5.69 Å². The lowest BCUT2D eigenvalue weighted by molar-refractivity contribution is 0.887. The van der Waals surface area contributed by atoms with Crippen molar-refractivity contribution in [2.24, 2.45) is 0 Å². The Balaban J connectivity index is 2.42. The van der Waals surface area contributed by atoms with Crippen LogP contribution >= 0.6 is 15.9 Å². The average Bonchev–Trinajstić information content (AvgIpc) is 2.82. The highest BCUT2D eigenvalue weighted by Gasteiger charge is 2.09. The van der Waals surface area contributed by atoms with Crippen LogP contribution in [0, 0.1) is 0 Å². The summed E-state index contributed by atoms with van der Waals surface area (Å²) in [6.45, 7) is 0. The molecule has 0 bridgehead atoms. The third-order valence-electron chi connectivity index (χ3n) is 2.48. The molecule has 0 amide bonds. The summed E-state index contributed by atoms with van der Waals surface area (Å²) in [5, 5.41) is 5.04. The van der Waals surface area contributed by atoms with Crippen molar-refractivity contribution >= 4 is 32.5 Å². The van der Waals surface area contributed by atoms with Crippen LogP contribution in [0.1, 0.15) is 0 Å². The quantitative estimate of drug-likeness (QED) is 0.745. The van der Waals surface area contributed by atoms with Gasteiger partial charge in [-0.1, -0.05) is 15.9 Å². The Morgan fingerprint density at radius 3 is 2.94 bits per heavy atom. The zero-order valence-corrected chi connectivity index (χ0v) is 10.3. The molecule has 0 radical (unpaired) electrons. The van der Waals surface area contributed by atoms with E-state index in [4.69, 9.17) is 5.73 Å². The van der Waals surface area contributed by atoms with Gasteiger partial charge < -0.3 is 5.73 Å². The standard InChI is InChI=1S/C11H8BrN5/c12-7-1-2-10-8(3-7)11(9(13)4-15-10)17-6-14-5-16-17/h1-6H,13H2. The highest BCUT2D eigenvalue weighted by molar-refractivity contribution is 9.10. The predicted molar refractivity (Wildman–Crippen MR) is 68.8 cm³/mol. The molecule has 0 atom stereocenters. The summed E-state index contributed by atoms with van der Waals surface area (Å²) in [5.74, 6) is 0. The van der Waals surface area contributed by atoms with Gasteiger partial charge in [-0.25, -0.2) is 9.67 Å². The van der Waals surface area contributed by atoms with E-state index in [1.165, 1.54) is 6.33 Å². The molecule has 2 aromatic heterocycles. The number of nitrogen functional groups attached to an aromatic ring is 1. The first-order valence-corrected chi connectivity index (χ1v) is 5.74. The van der Waals surface area contributed by atoms with Gasteiger partial charge in [0.05, 0.1) is 17.4 Å². The maximum atomic E-state index is 5.96. The molecule has 2 N–H and O–H groups in total. The number of aromatic nitrogens is 4. The van der Waals surface area contributed by atoms with E-state index in [-0.39, 0.29) is 0 Å². The van der Waals surface area contributed by atoms with Gasteiger partial charge in [-0.05, 0) is 18.2 Å². The van der Waals surface area contributed by atoms with Crippen LogP contribution in [0.15, 0.2) is 41.5 Å². The molecule has 84 valence electrons. The predicted octanol–water partition coefficient (Wildman–Crippen LogP) is 2.16. The Labute approximate surface area is 105 Å². The largest absolute Gasteiger partial charge is 0.396 e. The number of hydrogen-bond donors (Lipinski definition) is 1. The molecule has 17 heavy (non-hydrogen) atoms. The van der Waals surface area contributed by atoms with E-state index in [1.54, 1.807) is 17.2 Å². The maximum absolute atomic E-state index is 5.96. The SMILES string of the molecule is Nc1cnc2ccc(Br)cc2c1-n1cncn1. The van der Waals surface area contributed by atoms with Crippen molar-refractivity contribution in [1.29, 1.82) is 0 Å². The molecule has 0 aliphatic rings. The Hall–Kier alpha value is -1.95. The number of anilines is 1. The van der Waals surface area contributed by atoms with E-state index in [0.29, 0.717) is 5.69 Å². The first-order valence-electron chi connectivity index (χ1n) is 4.94. The van der Waals surface area contributed by atoms with Gasteiger partial charge >= 0.3 is 0 Å². The summed E-state index contributed by atoms with van der Waals surface area (Å²) in [4.78, 5) is 8.22. The lowest BCUT2D eigenvalue weighted by Crippen LogP contribution is -2.02. The maximum Gasteiger partial charge on any atom is 0.138 e. The summed E-state index contributed by atoms with van der Waals surface area (Å²) in [7, 11) is 0. The van der Waals surface area contributed by atoms with Crippen LogP contribution in [0.25, 0.3) is 16.6 Å². The average molecular weight is 290 g/mol. The molecule has 0 saturated carbocycles. The van der Waals surface area contributed by atoms with Crippen molar-refractivity contribution in [3.05, 3.63) is 41.5 Å². The number of fused-ring (bicyclic) bond motifs is 1. The zero-order chi connectivity index (χ0) is 11.8. The Kier molecular flexibility index (Phi) is 2.29. The van der Waals surface area contributed by atoms with Crippen LogP contribution in [-0.2, 0) is 0 Å². The van der Waals surface area contributed by atoms with Crippen LogP contribution in [0.4, 0.5) is 5.69 Å². The molecule has 0 aliphatic heterocycles. The van der Waals surface area contributed by atoms with E-state index in [1.807, 2.05) is 18.2 Å². The molecule has 5 nitrogen and oxygen atoms in total. The Bertz CT molecular complexity index is 672. The monoisotopic (exact) mass is 289 g/mol. The molecule has 3 aromatic rings. The second-order valence-electron chi connectivity index (χ2n) is 3.56. The number of rotatable bonds is 1. The van der Waals surface area contributed by atoms with Gasteiger partial charge in [0.15, 0.2) is 0 Å². The molecular weight excluding hydrogens is 282 g/mol. The lowest BCUT2D eigenvalue weighted by Gasteiger charge is -2.08. The van der Waals surface area contributed by atoms with E-state index < -0.39 is 0 Å². The van der Waals surface area contributed by atoms with Crippen LogP contribution in [0.3, 0.4) is 0 Å². The minimum absolute atomic E-state index is 0.570. The number of nitrogens with two attached hydrogens (primary N) is 1. The number of nitrogens with zero attached hydrogens (tertiary/aromatic N) is 4. The van der Waals surface area contributed by atoms with Crippen molar-refractivity contribution in [2.45, 2.75) is 0 Å². The molecule has 3 rings (SSSR count). The summed E-state index contributed by atoms with van der Waals surface area (Å²) in [6.07, 6.45) is 4.73. The summed E-state index contributed by atoms with van der Waals surface area (Å²) in [6, 6.07) is 5.84. The summed E-state index contributed by atoms with van der Waals surface area (Å²) < 4.78 is 2.62. The van der Waals surface area contributed by atoms with E-state index in [9.17, 15) is 0 Å². The molecule has 2 heterocycles. The molecule has 0 saturated heterocycles. The van der Waals surface area contributed by atoms with E-state index in [0.717, 1.165) is 21.1 Å². The van der Waals surface area contributed by atoms with Crippen molar-refractivity contribution in [1.82, 2.24) is 19.7 Å². The summed E-state index contributed by atoms with van der Waals surface area (Å²) >= 11 is 3.44. The van der Waals surface area contributed by atoms with Crippen molar-refractivity contribution in [2.75, 3.05) is 5.73 Å². The summed E-state index contributed by atoms with van der Waals surface area (Å²) in [5.41, 5.74) is 8.20. The molecule has 0 spiro atoms. The number of hydrogen-bond acceptors (Lipinski definition) is 4. The third kappa shape index (κ3) is 1.66. The minimum Gasteiger partial charge on any atom is -0.396 e. The molecule has 0 unspecified atom stereocenters. The first kappa shape index (κ1) is 10.2. The van der Waals surface area contributed by atoms with Crippen molar-refractivity contribution < 1.29 is 0 Å². The fraction of sp³-hybridized carbons (Fsp3) is 0. The molecule has 6 heteroatoms. The lowest BCUT2D eigenvalue weighted by atomic mass is 10.1. The van der Waals surface area contributed by atoms with Crippen LogP contribution in [-0.4, -0.2) is 19.7 Å². The minimum atomic E-state index is 0.570. The van der Waals surface area contributed by atoms with Crippen molar-refractivity contribution in [3.63, 3.8) is 0 Å². The highest BCUT2D eigenvalue weighted by Crippen LogP contribution is 2.27. The van der Waals surface area contributed by atoms with Gasteiger partial charge in [0.2, 0.25) is 0 Å². The van der Waals surface area contributed by atoms with Crippen LogP contribution in [0.5, 0.6) is 0 Å². The second-order valence-corrected chi connectivity index (χ2v) is 4.48. The first-order chi connectivity index (χ1) is 8.25. The normalized spacial score (nSPS) is 10.9. The second kappa shape index (κ2) is 3.81. The fourth-order valence-corrected chi connectivity index (χ4v) is 2.11. The van der Waals surface area contributed by atoms with E-state index >= 15 is 0 Å². The van der Waals surface area contributed by atoms with Gasteiger partial charge in [0.1, 0.15) is 18.3 Å². The molecule has 0 aliphatic carbocycles. The molecule has 1 aromatic carbocycles. The number of pyridine rings is 1. The topological polar surface area (TPSA) is 69.6 Å². The van der Waals surface area contributed by atoms with Gasteiger partial charge in [-0.15, -0.1) is 0 Å². The highest BCUT2D eigenvalue weighted by atomic mass is 79.9. The fourth-order valence-electron chi connectivity index (χ4n) is 1.75. The van der Waals surface area contributed by atoms with Crippen LogP contribution < -0.4 is 5.73 Å². The van der Waals surface area contributed by atoms with Crippen LogP contribution in [0.2, 0.25) is 0 Å². The van der Waals surface area contributed by atoms with Gasteiger partial charge in [-0.3, -0.25) is 4.98 Å². The van der Waals surface area contributed by atoms with E-state index in [2.05, 4.69) is 31.0 Å². The number of benzene rings is 1. The Morgan fingerprint density at radius 2 is 2.18 bits per heavy atom. The van der Waals surface area contributed by atoms with Gasteiger partial charge in [-0.2, -0.15) is 5.10 Å². The van der Waals surface area contributed by atoms with Gasteiger partial charge in [0, 0.05) is 9.86 Å². The smallest absolute Gasteiger partial charge is 0.138 e. The molecular formula is C11H8BrN5. The number of halogens is 1. The zero-order valence-electron chi connectivity index (χ0n) is 8.71. The molecule has 0 fully saturated rings. The Morgan fingerprint density at radius 1 is 1.29 bits per heavy atom. The third-order valence-corrected chi connectivity index (χ3v) is 2.97. The van der Waals surface area contributed by atoms with Gasteiger partial charge in [0.25, 0.3) is 0 Å².